The summed E-state index contributed by atoms with van der Waals surface area (Å²) in [4.78, 5) is 15.2. The van der Waals surface area contributed by atoms with Crippen molar-refractivity contribution in [3.63, 3.8) is 0 Å². The van der Waals surface area contributed by atoms with Crippen LogP contribution >= 0.6 is 11.8 Å². The first kappa shape index (κ1) is 23.1. The summed E-state index contributed by atoms with van der Waals surface area (Å²) < 4.78 is 2.19. The van der Waals surface area contributed by atoms with Crippen molar-refractivity contribution in [1.29, 1.82) is 0 Å². The van der Waals surface area contributed by atoms with Crippen molar-refractivity contribution in [3.8, 4) is 0 Å². The summed E-state index contributed by atoms with van der Waals surface area (Å²) in [5, 5.41) is 12.7. The molecule has 0 saturated carbocycles. The topological polar surface area (TPSA) is 63.1 Å². The van der Waals surface area contributed by atoms with Crippen molar-refractivity contribution in [2.75, 3.05) is 19.6 Å². The molecule has 1 aliphatic heterocycles. The summed E-state index contributed by atoms with van der Waals surface area (Å²) in [6, 6.07) is 10.4. The van der Waals surface area contributed by atoms with Crippen LogP contribution in [-0.2, 0) is 17.9 Å². The van der Waals surface area contributed by atoms with Crippen molar-refractivity contribution in [3.05, 3.63) is 53.4 Å². The molecular weight excluding hydrogens is 418 g/mol. The number of thioether (sulfide) groups is 1. The smallest absolute Gasteiger partial charge is 0.233 e. The average molecular weight is 454 g/mol. The molecule has 0 spiro atoms. The van der Waals surface area contributed by atoms with Crippen molar-refractivity contribution in [2.24, 2.45) is 0 Å². The minimum atomic E-state index is -0.214. The molecule has 1 aromatic heterocycles. The maximum absolute atomic E-state index is 12.7. The lowest BCUT2D eigenvalue weighted by molar-refractivity contribution is -0.120. The Hall–Kier alpha value is -2.12. The van der Waals surface area contributed by atoms with Gasteiger partial charge in [-0.3, -0.25) is 9.69 Å². The van der Waals surface area contributed by atoms with Gasteiger partial charge in [-0.05, 0) is 70.5 Å². The van der Waals surface area contributed by atoms with Crippen molar-refractivity contribution in [2.45, 2.75) is 75.4 Å². The highest BCUT2D eigenvalue weighted by Crippen LogP contribution is 2.25. The van der Waals surface area contributed by atoms with E-state index in [-0.39, 0.29) is 11.2 Å². The van der Waals surface area contributed by atoms with E-state index in [1.807, 2.05) is 13.0 Å². The van der Waals surface area contributed by atoms with E-state index in [2.05, 4.69) is 55.3 Å². The SMILES string of the molecule is CC(Sc1nnc(CN2CCCC2)n1Cc1ccccc1)C(=O)NCCC1=CCCCC1. The number of likely N-dealkylation sites (tertiary alicyclic amines) is 1. The molecule has 1 saturated heterocycles. The van der Waals surface area contributed by atoms with Crippen LogP contribution in [0.2, 0.25) is 0 Å². The summed E-state index contributed by atoms with van der Waals surface area (Å²) in [7, 11) is 0. The number of rotatable bonds is 10. The lowest BCUT2D eigenvalue weighted by atomic mass is 9.97. The van der Waals surface area contributed by atoms with E-state index in [0.29, 0.717) is 6.54 Å². The van der Waals surface area contributed by atoms with Crippen LogP contribution in [0.3, 0.4) is 0 Å². The molecule has 1 amide bonds. The molecule has 7 heteroatoms. The predicted molar refractivity (Wildman–Crippen MR) is 130 cm³/mol. The van der Waals surface area contributed by atoms with E-state index in [1.165, 1.54) is 61.4 Å². The maximum atomic E-state index is 12.7. The van der Waals surface area contributed by atoms with E-state index in [0.717, 1.165) is 43.6 Å². The Morgan fingerprint density at radius 1 is 1.09 bits per heavy atom. The summed E-state index contributed by atoms with van der Waals surface area (Å²) in [6.45, 7) is 6.46. The molecule has 2 heterocycles. The lowest BCUT2D eigenvalue weighted by Crippen LogP contribution is -2.32. The van der Waals surface area contributed by atoms with Gasteiger partial charge < -0.3 is 9.88 Å². The van der Waals surface area contributed by atoms with Gasteiger partial charge in [0, 0.05) is 6.54 Å². The first-order valence-corrected chi connectivity index (χ1v) is 12.9. The molecule has 4 rings (SSSR count). The molecule has 1 aliphatic carbocycles. The van der Waals surface area contributed by atoms with Gasteiger partial charge in [0.05, 0.1) is 18.3 Å². The molecule has 6 nitrogen and oxygen atoms in total. The summed E-state index contributed by atoms with van der Waals surface area (Å²) in [5.74, 6) is 1.05. The Bertz CT molecular complexity index is 904. The third-order valence-electron chi connectivity index (χ3n) is 6.32. The van der Waals surface area contributed by atoms with Gasteiger partial charge in [0.25, 0.3) is 0 Å². The number of nitrogens with zero attached hydrogens (tertiary/aromatic N) is 4. The van der Waals surface area contributed by atoms with E-state index < -0.39 is 0 Å². The van der Waals surface area contributed by atoms with E-state index in [4.69, 9.17) is 0 Å². The summed E-state index contributed by atoms with van der Waals surface area (Å²) in [5.41, 5.74) is 2.71. The quantitative estimate of drug-likeness (QED) is 0.426. The minimum Gasteiger partial charge on any atom is -0.355 e. The van der Waals surface area contributed by atoms with Gasteiger partial charge in [-0.1, -0.05) is 53.7 Å². The summed E-state index contributed by atoms with van der Waals surface area (Å²) in [6.07, 6.45) is 10.8. The van der Waals surface area contributed by atoms with Crippen LogP contribution in [-0.4, -0.2) is 50.5 Å². The second-order valence-corrected chi connectivity index (χ2v) is 10.2. The Morgan fingerprint density at radius 2 is 1.91 bits per heavy atom. The highest BCUT2D eigenvalue weighted by Gasteiger charge is 2.22. The van der Waals surface area contributed by atoms with Crippen LogP contribution in [0, 0.1) is 0 Å². The molecule has 172 valence electrons. The van der Waals surface area contributed by atoms with Gasteiger partial charge in [-0.2, -0.15) is 0 Å². The third-order valence-corrected chi connectivity index (χ3v) is 7.40. The monoisotopic (exact) mass is 453 g/mol. The molecule has 1 unspecified atom stereocenters. The zero-order chi connectivity index (χ0) is 22.2. The standard InChI is InChI=1S/C25H35N5OS/c1-20(24(31)26-15-14-21-10-4-2-5-11-21)32-25-28-27-23(19-29-16-8-9-17-29)30(25)18-22-12-6-3-7-13-22/h3,6-7,10,12-13,20H,2,4-5,8-9,11,14-19H2,1H3,(H,26,31). The molecule has 2 aliphatic rings. The molecule has 2 aromatic rings. The molecule has 0 bridgehead atoms. The highest BCUT2D eigenvalue weighted by atomic mass is 32.2. The zero-order valence-corrected chi connectivity index (χ0v) is 19.9. The molecule has 1 atom stereocenters. The molecular formula is C25H35N5OS. The number of carbonyl (C=O) groups excluding carboxylic acids is 1. The predicted octanol–water partition coefficient (Wildman–Crippen LogP) is 4.41. The van der Waals surface area contributed by atoms with E-state index >= 15 is 0 Å². The van der Waals surface area contributed by atoms with Gasteiger partial charge in [0.2, 0.25) is 5.91 Å². The summed E-state index contributed by atoms with van der Waals surface area (Å²) >= 11 is 1.51. The van der Waals surface area contributed by atoms with Crippen molar-refractivity contribution < 1.29 is 4.79 Å². The zero-order valence-electron chi connectivity index (χ0n) is 19.1. The highest BCUT2D eigenvalue weighted by molar-refractivity contribution is 8.00. The second-order valence-electron chi connectivity index (χ2n) is 8.86. The molecule has 1 aromatic carbocycles. The van der Waals surface area contributed by atoms with Crippen LogP contribution < -0.4 is 5.32 Å². The lowest BCUT2D eigenvalue weighted by Gasteiger charge is -2.17. The van der Waals surface area contributed by atoms with Gasteiger partial charge in [0.1, 0.15) is 5.82 Å². The van der Waals surface area contributed by atoms with Gasteiger partial charge in [-0.15, -0.1) is 10.2 Å². The number of hydrogen-bond donors (Lipinski definition) is 1. The van der Waals surface area contributed by atoms with Crippen LogP contribution in [0.15, 0.2) is 47.1 Å². The fourth-order valence-electron chi connectivity index (χ4n) is 4.42. The number of hydrogen-bond acceptors (Lipinski definition) is 5. The fourth-order valence-corrected chi connectivity index (χ4v) is 5.31. The van der Waals surface area contributed by atoms with Crippen LogP contribution in [0.1, 0.15) is 63.3 Å². The van der Waals surface area contributed by atoms with Gasteiger partial charge in [-0.25, -0.2) is 0 Å². The number of aromatic nitrogens is 3. The number of nitrogens with one attached hydrogen (secondary N) is 1. The minimum absolute atomic E-state index is 0.0711. The molecule has 1 N–H and O–H groups in total. The fraction of sp³-hybridized carbons (Fsp3) is 0.560. The normalized spacial score (nSPS) is 17.8. The van der Waals surface area contributed by atoms with E-state index in [1.54, 1.807) is 0 Å². The Balaban J connectivity index is 1.39. The number of allylic oxidation sites excluding steroid dienone is 1. The Labute approximate surface area is 195 Å². The van der Waals surface area contributed by atoms with Crippen molar-refractivity contribution >= 4 is 17.7 Å². The molecule has 1 fully saturated rings. The first-order valence-electron chi connectivity index (χ1n) is 12.0. The maximum Gasteiger partial charge on any atom is 0.233 e. The van der Waals surface area contributed by atoms with E-state index in [9.17, 15) is 4.79 Å². The second kappa shape index (κ2) is 11.7. The number of carbonyl (C=O) groups is 1. The Kier molecular flexibility index (Phi) is 8.40. The first-order chi connectivity index (χ1) is 15.7. The van der Waals surface area contributed by atoms with Crippen molar-refractivity contribution in [1.82, 2.24) is 25.0 Å². The van der Waals surface area contributed by atoms with Gasteiger partial charge >= 0.3 is 0 Å². The molecule has 32 heavy (non-hydrogen) atoms. The number of amides is 1. The molecule has 0 radical (unpaired) electrons. The van der Waals surface area contributed by atoms with Crippen LogP contribution in [0.25, 0.3) is 0 Å². The largest absolute Gasteiger partial charge is 0.355 e. The van der Waals surface area contributed by atoms with Crippen LogP contribution in [0.4, 0.5) is 0 Å². The average Bonchev–Trinajstić information content (AvgIpc) is 3.46. The van der Waals surface area contributed by atoms with Gasteiger partial charge in [0.15, 0.2) is 5.16 Å². The Morgan fingerprint density at radius 3 is 2.66 bits per heavy atom. The third kappa shape index (κ3) is 6.45. The number of benzene rings is 1. The van der Waals surface area contributed by atoms with Crippen LogP contribution in [0.5, 0.6) is 0 Å².